The van der Waals surface area contributed by atoms with Crippen LogP contribution < -0.4 is 25.3 Å². The van der Waals surface area contributed by atoms with Gasteiger partial charge in [-0.3, -0.25) is 4.79 Å². The van der Waals surface area contributed by atoms with Crippen LogP contribution in [0.5, 0.6) is 23.0 Å². The highest BCUT2D eigenvalue weighted by molar-refractivity contribution is 6.00. The van der Waals surface area contributed by atoms with Gasteiger partial charge in [-0.15, -0.1) is 5.10 Å². The topological polar surface area (TPSA) is 134 Å². The number of hydrogen-bond acceptors (Lipinski definition) is 9. The van der Waals surface area contributed by atoms with E-state index in [1.54, 1.807) is 31.0 Å². The van der Waals surface area contributed by atoms with E-state index >= 15 is 0 Å². The van der Waals surface area contributed by atoms with E-state index < -0.39 is 6.04 Å². The largest absolute Gasteiger partial charge is 0.504 e. The molecular formula is C24H25N5O5. The smallest absolute Gasteiger partial charge is 0.241 e. The summed E-state index contributed by atoms with van der Waals surface area (Å²) in [5.41, 5.74) is 8.98. The van der Waals surface area contributed by atoms with Crippen LogP contribution in [0.4, 0.5) is 11.9 Å². The van der Waals surface area contributed by atoms with Gasteiger partial charge in [-0.1, -0.05) is 12.1 Å². The normalized spacial score (nSPS) is 19.2. The third-order valence-corrected chi connectivity index (χ3v) is 6.33. The number of ketones is 1. The molecule has 0 spiro atoms. The second-order valence-corrected chi connectivity index (χ2v) is 8.23. The molecule has 176 valence electrons. The van der Waals surface area contributed by atoms with Crippen molar-refractivity contribution in [3.8, 4) is 23.0 Å². The third-order valence-electron chi connectivity index (χ3n) is 6.33. The maximum absolute atomic E-state index is 13.6. The minimum Gasteiger partial charge on any atom is -0.504 e. The van der Waals surface area contributed by atoms with E-state index in [1.165, 1.54) is 13.2 Å². The molecule has 3 aromatic rings. The molecule has 10 nitrogen and oxygen atoms in total. The van der Waals surface area contributed by atoms with Crippen molar-refractivity contribution in [2.24, 2.45) is 0 Å². The van der Waals surface area contributed by atoms with Crippen LogP contribution in [0.15, 0.2) is 47.7 Å². The molecule has 0 saturated carbocycles. The number of carbonyl (C=O) groups is 1. The van der Waals surface area contributed by atoms with Gasteiger partial charge in [0, 0.05) is 17.7 Å². The van der Waals surface area contributed by atoms with Gasteiger partial charge in [-0.25, -0.2) is 4.68 Å². The van der Waals surface area contributed by atoms with Gasteiger partial charge in [0.2, 0.25) is 11.9 Å². The molecule has 5 rings (SSSR count). The summed E-state index contributed by atoms with van der Waals surface area (Å²) in [5.74, 6) is 2.05. The van der Waals surface area contributed by atoms with Crippen LogP contribution in [0, 0.1) is 0 Å². The Balaban J connectivity index is 1.58. The molecule has 34 heavy (non-hydrogen) atoms. The number of ether oxygens (including phenoxy) is 3. The third kappa shape index (κ3) is 3.47. The Labute approximate surface area is 196 Å². The number of Topliss-reactive ketones (excluding diaryl/α,β-unsaturated/α-hetero) is 1. The lowest BCUT2D eigenvalue weighted by Gasteiger charge is -2.35. The summed E-state index contributed by atoms with van der Waals surface area (Å²) < 4.78 is 17.7. The predicted molar refractivity (Wildman–Crippen MR) is 124 cm³/mol. The summed E-state index contributed by atoms with van der Waals surface area (Å²) in [5, 5.41) is 17.7. The molecule has 2 heterocycles. The van der Waals surface area contributed by atoms with Crippen LogP contribution in [0.2, 0.25) is 0 Å². The molecular weight excluding hydrogens is 438 g/mol. The van der Waals surface area contributed by atoms with Crippen molar-refractivity contribution in [1.82, 2.24) is 14.8 Å². The number of phenols is 1. The zero-order valence-electron chi connectivity index (χ0n) is 19.0. The number of aromatic nitrogens is 3. The highest BCUT2D eigenvalue weighted by Gasteiger charge is 2.40. The lowest BCUT2D eigenvalue weighted by atomic mass is 9.78. The van der Waals surface area contributed by atoms with Gasteiger partial charge in [-0.05, 0) is 47.7 Å². The summed E-state index contributed by atoms with van der Waals surface area (Å²) >= 11 is 0. The number of hydrogen-bond donors (Lipinski definition) is 3. The SMILES string of the molecule is COc1cc([C@H]2C3=C(C[C@@H](c4ccc(OC)c(OC)c4)CC3=O)Nc3nc(N)nn32)ccc1O. The molecule has 2 aliphatic rings. The van der Waals surface area contributed by atoms with E-state index in [1.807, 2.05) is 18.2 Å². The summed E-state index contributed by atoms with van der Waals surface area (Å²) in [4.78, 5) is 17.9. The van der Waals surface area contributed by atoms with Gasteiger partial charge in [0.15, 0.2) is 28.8 Å². The molecule has 0 amide bonds. The summed E-state index contributed by atoms with van der Waals surface area (Å²) in [7, 11) is 4.65. The molecule has 0 fully saturated rings. The fourth-order valence-corrected chi connectivity index (χ4v) is 4.74. The lowest BCUT2D eigenvalue weighted by molar-refractivity contribution is -0.116. The number of phenolic OH excluding ortho intramolecular Hbond substituents is 1. The number of methoxy groups -OCH3 is 3. The standard InChI is InChI=1S/C24H25N5O5/c1-32-18-7-5-12(10-20(18)34-3)14-8-15-21(17(31)9-14)22(29-24(26-15)27-23(25)28-29)13-4-6-16(30)19(11-13)33-2/h4-7,10-11,14,22,30H,8-9H2,1-3H3,(H3,25,26,27,28)/t14-,22+/m1/s1. The Kier molecular flexibility index (Phi) is 5.27. The van der Waals surface area contributed by atoms with Crippen molar-refractivity contribution in [2.75, 3.05) is 32.4 Å². The number of rotatable bonds is 5. The molecule has 1 aromatic heterocycles. The Bertz CT molecular complexity index is 1320. The van der Waals surface area contributed by atoms with Crippen molar-refractivity contribution >= 4 is 17.7 Å². The quantitative estimate of drug-likeness (QED) is 0.522. The number of anilines is 2. The second-order valence-electron chi connectivity index (χ2n) is 8.23. The van der Waals surface area contributed by atoms with E-state index in [-0.39, 0.29) is 23.4 Å². The molecule has 0 radical (unpaired) electrons. The molecule has 2 aromatic carbocycles. The van der Waals surface area contributed by atoms with Gasteiger partial charge in [0.1, 0.15) is 6.04 Å². The van der Waals surface area contributed by atoms with Crippen molar-refractivity contribution in [3.63, 3.8) is 0 Å². The van der Waals surface area contributed by atoms with Gasteiger partial charge in [0.25, 0.3) is 0 Å². The van der Waals surface area contributed by atoms with Crippen molar-refractivity contribution < 1.29 is 24.1 Å². The zero-order chi connectivity index (χ0) is 24.0. The average Bonchev–Trinajstić information content (AvgIpc) is 3.22. The number of fused-ring (bicyclic) bond motifs is 1. The summed E-state index contributed by atoms with van der Waals surface area (Å²) in [6.45, 7) is 0. The van der Waals surface area contributed by atoms with E-state index in [9.17, 15) is 9.90 Å². The zero-order valence-corrected chi connectivity index (χ0v) is 19.0. The number of nitrogens with two attached hydrogens (primary N) is 1. The average molecular weight is 463 g/mol. The van der Waals surface area contributed by atoms with Crippen LogP contribution in [-0.2, 0) is 4.79 Å². The molecule has 4 N–H and O–H groups in total. The second kappa shape index (κ2) is 8.29. The van der Waals surface area contributed by atoms with Gasteiger partial charge < -0.3 is 30.4 Å². The van der Waals surface area contributed by atoms with E-state index in [0.717, 1.165) is 16.8 Å². The van der Waals surface area contributed by atoms with Gasteiger partial charge in [-0.2, -0.15) is 4.98 Å². The first kappa shape index (κ1) is 21.6. The molecule has 10 heteroatoms. The minimum absolute atomic E-state index is 0.00898. The Morgan fingerprint density at radius 3 is 2.44 bits per heavy atom. The first-order chi connectivity index (χ1) is 16.4. The molecule has 1 aliphatic carbocycles. The van der Waals surface area contributed by atoms with Crippen molar-refractivity contribution in [2.45, 2.75) is 24.8 Å². The van der Waals surface area contributed by atoms with Crippen LogP contribution in [0.25, 0.3) is 0 Å². The van der Waals surface area contributed by atoms with Gasteiger partial charge >= 0.3 is 0 Å². The molecule has 1 aliphatic heterocycles. The minimum atomic E-state index is -0.551. The number of aromatic hydroxyl groups is 1. The molecule has 2 atom stereocenters. The maximum Gasteiger partial charge on any atom is 0.241 e. The number of nitrogens with zero attached hydrogens (tertiary/aromatic N) is 3. The number of nitrogen functional groups attached to an aromatic ring is 1. The number of carbonyl (C=O) groups excluding carboxylic acids is 1. The first-order valence-electron chi connectivity index (χ1n) is 10.8. The summed E-state index contributed by atoms with van der Waals surface area (Å²) in [6, 6.07) is 10.1. The Hall–Kier alpha value is -4.21. The van der Waals surface area contributed by atoms with Crippen molar-refractivity contribution in [1.29, 1.82) is 0 Å². The predicted octanol–water partition coefficient (Wildman–Crippen LogP) is 3.01. The van der Waals surface area contributed by atoms with E-state index in [4.69, 9.17) is 19.9 Å². The molecule has 0 bridgehead atoms. The maximum atomic E-state index is 13.6. The van der Waals surface area contributed by atoms with E-state index in [0.29, 0.717) is 41.6 Å². The van der Waals surface area contributed by atoms with Crippen LogP contribution in [-0.4, -0.2) is 47.0 Å². The molecule has 0 unspecified atom stereocenters. The highest BCUT2D eigenvalue weighted by Crippen LogP contribution is 2.46. The first-order valence-corrected chi connectivity index (χ1v) is 10.8. The number of allylic oxidation sites excluding steroid dienone is 2. The summed E-state index contributed by atoms with van der Waals surface area (Å²) in [6.07, 6.45) is 0.913. The van der Waals surface area contributed by atoms with Crippen molar-refractivity contribution in [3.05, 3.63) is 58.8 Å². The van der Waals surface area contributed by atoms with Gasteiger partial charge in [0.05, 0.1) is 21.3 Å². The number of benzene rings is 2. The fraction of sp³-hybridized carbons (Fsp3) is 0.292. The Morgan fingerprint density at radius 2 is 1.71 bits per heavy atom. The highest BCUT2D eigenvalue weighted by atomic mass is 16.5. The van der Waals surface area contributed by atoms with Crippen LogP contribution in [0.3, 0.4) is 0 Å². The van der Waals surface area contributed by atoms with E-state index in [2.05, 4.69) is 15.4 Å². The molecule has 0 saturated heterocycles. The monoisotopic (exact) mass is 463 g/mol. The fourth-order valence-electron chi connectivity index (χ4n) is 4.74. The van der Waals surface area contributed by atoms with Crippen LogP contribution in [0.1, 0.15) is 35.9 Å². The number of nitrogens with one attached hydrogen (secondary N) is 1. The Morgan fingerprint density at radius 1 is 1.00 bits per heavy atom. The van der Waals surface area contributed by atoms with Crippen LogP contribution >= 0.6 is 0 Å². The lowest BCUT2D eigenvalue weighted by Crippen LogP contribution is -2.33.